The molecule has 1 amide bonds. The van der Waals surface area contributed by atoms with E-state index in [4.69, 9.17) is 9.47 Å². The number of rotatable bonds is 4. The van der Waals surface area contributed by atoms with Crippen LogP contribution >= 0.6 is 0 Å². The van der Waals surface area contributed by atoms with Gasteiger partial charge >= 0.3 is 0 Å². The van der Waals surface area contributed by atoms with Gasteiger partial charge in [0.2, 0.25) is 10.0 Å². The lowest BCUT2D eigenvalue weighted by molar-refractivity contribution is 0.0521. The number of likely N-dealkylation sites (N-methyl/N-ethyl adjacent to an activating group) is 1. The maximum absolute atomic E-state index is 12.8. The molecule has 0 saturated carbocycles. The molecule has 0 saturated heterocycles. The molecule has 2 heterocycles. The lowest BCUT2D eigenvalue weighted by atomic mass is 10.1. The summed E-state index contributed by atoms with van der Waals surface area (Å²) in [6, 6.07) is 12.6. The van der Waals surface area contributed by atoms with Crippen LogP contribution in [0.5, 0.6) is 11.5 Å². The second-order valence-corrected chi connectivity index (χ2v) is 9.02. The number of anilines is 1. The number of hydrogen-bond acceptors (Lipinski definition) is 5. The number of fused-ring (bicyclic) bond motifs is 2. The number of amides is 1. The second kappa shape index (κ2) is 7.01. The smallest absolute Gasteiger partial charge is 0.253 e. The fourth-order valence-electron chi connectivity index (χ4n) is 3.61. The molecule has 2 aliphatic heterocycles. The van der Waals surface area contributed by atoms with Crippen molar-refractivity contribution in [3.05, 3.63) is 53.6 Å². The zero-order chi connectivity index (χ0) is 19.9. The third-order valence-electron chi connectivity index (χ3n) is 4.97. The summed E-state index contributed by atoms with van der Waals surface area (Å²) >= 11 is 0. The third-order valence-corrected chi connectivity index (χ3v) is 6.15. The molecular formula is C20H22N2O5S. The molecule has 2 aliphatic rings. The van der Waals surface area contributed by atoms with E-state index in [9.17, 15) is 13.2 Å². The van der Waals surface area contributed by atoms with Gasteiger partial charge in [-0.05, 0) is 42.3 Å². The molecule has 0 unspecified atom stereocenters. The molecule has 0 radical (unpaired) electrons. The van der Waals surface area contributed by atoms with Crippen molar-refractivity contribution in [3.8, 4) is 11.5 Å². The van der Waals surface area contributed by atoms with Crippen LogP contribution in [0.3, 0.4) is 0 Å². The van der Waals surface area contributed by atoms with Gasteiger partial charge < -0.3 is 14.4 Å². The topological polar surface area (TPSA) is 76.2 Å². The first-order chi connectivity index (χ1) is 13.3. The number of sulfonamides is 1. The van der Waals surface area contributed by atoms with E-state index in [0.717, 1.165) is 5.56 Å². The van der Waals surface area contributed by atoms with E-state index in [0.29, 0.717) is 48.9 Å². The molecule has 28 heavy (non-hydrogen) atoms. The first kappa shape index (κ1) is 18.6. The summed E-state index contributed by atoms with van der Waals surface area (Å²) in [6.07, 6.45) is 1.54. The highest BCUT2D eigenvalue weighted by Crippen LogP contribution is 2.32. The van der Waals surface area contributed by atoms with Crippen molar-refractivity contribution in [1.82, 2.24) is 4.90 Å². The highest BCUT2D eigenvalue weighted by Gasteiger charge is 2.28. The maximum atomic E-state index is 12.8. The van der Waals surface area contributed by atoms with Gasteiger partial charge in [0.25, 0.3) is 5.91 Å². The molecule has 148 valence electrons. The van der Waals surface area contributed by atoms with Gasteiger partial charge in [-0.15, -0.1) is 0 Å². The summed E-state index contributed by atoms with van der Waals surface area (Å²) in [6.45, 7) is 1.18. The standard InChI is InChI=1S/C20H22N2O5S/c1-21(12-16-13-26-18-5-3-4-6-19(18)27-16)20(23)15-7-8-17-14(11-15)9-10-22(17)28(2,24)25/h3-8,11,16H,9-10,12-13H2,1-2H3/t16-/m0/s1. The molecule has 2 aromatic rings. The minimum atomic E-state index is -3.30. The Hall–Kier alpha value is -2.74. The Morgan fingerprint density at radius 3 is 2.71 bits per heavy atom. The van der Waals surface area contributed by atoms with Crippen molar-refractivity contribution in [2.45, 2.75) is 12.5 Å². The molecule has 4 rings (SSSR count). The number of para-hydroxylation sites is 2. The maximum Gasteiger partial charge on any atom is 0.253 e. The van der Waals surface area contributed by atoms with Crippen molar-refractivity contribution >= 4 is 21.6 Å². The van der Waals surface area contributed by atoms with E-state index < -0.39 is 10.0 Å². The molecule has 7 nitrogen and oxygen atoms in total. The average Bonchev–Trinajstić information content (AvgIpc) is 3.11. The van der Waals surface area contributed by atoms with Crippen LogP contribution in [-0.4, -0.2) is 58.3 Å². The van der Waals surface area contributed by atoms with Gasteiger partial charge in [-0.2, -0.15) is 0 Å². The van der Waals surface area contributed by atoms with Crippen LogP contribution in [0.1, 0.15) is 15.9 Å². The fourth-order valence-corrected chi connectivity index (χ4v) is 4.57. The monoisotopic (exact) mass is 402 g/mol. The lowest BCUT2D eigenvalue weighted by Crippen LogP contribution is -2.41. The van der Waals surface area contributed by atoms with Crippen LogP contribution in [0, 0.1) is 0 Å². The van der Waals surface area contributed by atoms with E-state index in [1.165, 1.54) is 10.6 Å². The third kappa shape index (κ3) is 3.52. The molecule has 1 atom stereocenters. The summed E-state index contributed by atoms with van der Waals surface area (Å²) in [5, 5.41) is 0. The molecule has 0 N–H and O–H groups in total. The van der Waals surface area contributed by atoms with Crippen LogP contribution in [0.4, 0.5) is 5.69 Å². The van der Waals surface area contributed by atoms with Crippen molar-refractivity contribution in [2.75, 3.05) is 37.3 Å². The van der Waals surface area contributed by atoms with Crippen molar-refractivity contribution < 1.29 is 22.7 Å². The van der Waals surface area contributed by atoms with Crippen LogP contribution in [0.2, 0.25) is 0 Å². The van der Waals surface area contributed by atoms with Crippen LogP contribution in [0.25, 0.3) is 0 Å². The van der Waals surface area contributed by atoms with Gasteiger partial charge in [-0.3, -0.25) is 9.10 Å². The average molecular weight is 402 g/mol. The van der Waals surface area contributed by atoms with E-state index in [1.807, 2.05) is 24.3 Å². The largest absolute Gasteiger partial charge is 0.486 e. The lowest BCUT2D eigenvalue weighted by Gasteiger charge is -2.29. The predicted octanol–water partition coefficient (Wildman–Crippen LogP) is 1.92. The zero-order valence-corrected chi connectivity index (χ0v) is 16.6. The van der Waals surface area contributed by atoms with Gasteiger partial charge in [-0.25, -0.2) is 8.42 Å². The fraction of sp³-hybridized carbons (Fsp3) is 0.350. The van der Waals surface area contributed by atoms with Gasteiger partial charge in [0.05, 0.1) is 18.5 Å². The number of carbonyl (C=O) groups excluding carboxylic acids is 1. The number of carbonyl (C=O) groups is 1. The summed E-state index contributed by atoms with van der Waals surface area (Å²) in [7, 11) is -1.58. The quantitative estimate of drug-likeness (QED) is 0.781. The highest BCUT2D eigenvalue weighted by molar-refractivity contribution is 7.92. The minimum Gasteiger partial charge on any atom is -0.486 e. The SMILES string of the molecule is CN(C[C@H]1COc2ccccc2O1)C(=O)c1ccc2c(c1)CCN2S(C)(=O)=O. The van der Waals surface area contributed by atoms with Gasteiger partial charge in [-0.1, -0.05) is 12.1 Å². The Morgan fingerprint density at radius 1 is 1.21 bits per heavy atom. The summed E-state index contributed by atoms with van der Waals surface area (Å²) < 4.78 is 36.7. The van der Waals surface area contributed by atoms with Crippen molar-refractivity contribution in [3.63, 3.8) is 0 Å². The van der Waals surface area contributed by atoms with E-state index >= 15 is 0 Å². The first-order valence-corrected chi connectivity index (χ1v) is 10.9. The number of hydrogen-bond donors (Lipinski definition) is 0. The highest BCUT2D eigenvalue weighted by atomic mass is 32.2. The number of ether oxygens (including phenoxy) is 2. The Kier molecular flexibility index (Phi) is 4.66. The summed E-state index contributed by atoms with van der Waals surface area (Å²) in [4.78, 5) is 14.4. The molecule has 2 aromatic carbocycles. The van der Waals surface area contributed by atoms with Crippen molar-refractivity contribution in [2.24, 2.45) is 0 Å². The van der Waals surface area contributed by atoms with Crippen LogP contribution < -0.4 is 13.8 Å². The molecule has 0 bridgehead atoms. The Bertz CT molecular complexity index is 1020. The zero-order valence-electron chi connectivity index (χ0n) is 15.8. The number of benzene rings is 2. The Labute approximate surface area is 164 Å². The minimum absolute atomic E-state index is 0.136. The Balaban J connectivity index is 1.45. The van der Waals surface area contributed by atoms with E-state index in [2.05, 4.69) is 0 Å². The second-order valence-electron chi connectivity index (χ2n) is 7.11. The number of nitrogens with zero attached hydrogens (tertiary/aromatic N) is 2. The molecular weight excluding hydrogens is 380 g/mol. The van der Waals surface area contributed by atoms with E-state index in [-0.39, 0.29) is 12.0 Å². The molecule has 8 heteroatoms. The molecule has 0 aromatic heterocycles. The Morgan fingerprint density at radius 2 is 1.96 bits per heavy atom. The molecule has 0 spiro atoms. The van der Waals surface area contributed by atoms with Crippen molar-refractivity contribution in [1.29, 1.82) is 0 Å². The van der Waals surface area contributed by atoms with Gasteiger partial charge in [0.1, 0.15) is 6.61 Å². The predicted molar refractivity (Wildman–Crippen MR) is 106 cm³/mol. The van der Waals surface area contributed by atoms with E-state index in [1.54, 1.807) is 30.1 Å². The summed E-state index contributed by atoms with van der Waals surface area (Å²) in [5.41, 5.74) is 2.06. The van der Waals surface area contributed by atoms with Gasteiger partial charge in [0, 0.05) is 19.2 Å². The molecule has 0 fully saturated rings. The van der Waals surface area contributed by atoms with Gasteiger partial charge in [0.15, 0.2) is 17.6 Å². The normalized spacial score (nSPS) is 17.9. The molecule has 0 aliphatic carbocycles. The first-order valence-electron chi connectivity index (χ1n) is 9.07. The van der Waals surface area contributed by atoms with Crippen LogP contribution in [-0.2, 0) is 16.4 Å². The summed E-state index contributed by atoms with van der Waals surface area (Å²) in [5.74, 6) is 1.25. The van der Waals surface area contributed by atoms with Crippen LogP contribution in [0.15, 0.2) is 42.5 Å².